The number of benzene rings is 3. The van der Waals surface area contributed by atoms with Gasteiger partial charge in [-0.2, -0.15) is 5.26 Å². The van der Waals surface area contributed by atoms with E-state index in [-0.39, 0.29) is 17.6 Å². The van der Waals surface area contributed by atoms with E-state index in [1.807, 2.05) is 30.5 Å². The summed E-state index contributed by atoms with van der Waals surface area (Å²) in [6.45, 7) is 1.86. The lowest BCUT2D eigenvalue weighted by atomic mass is 10.0. The largest absolute Gasteiger partial charge is 0.376 e. The molecule has 0 aliphatic carbocycles. The van der Waals surface area contributed by atoms with Gasteiger partial charge in [0.2, 0.25) is 0 Å². The maximum absolute atomic E-state index is 12.7. The van der Waals surface area contributed by atoms with Crippen LogP contribution in [0.1, 0.15) is 24.0 Å². The maximum Gasteiger partial charge on any atom is 0.262 e. The van der Waals surface area contributed by atoms with Crippen LogP contribution >= 0.6 is 0 Å². The first-order chi connectivity index (χ1) is 16.2. The SMILES string of the molecule is N#C/C(=C\c1cn(Cc2cccc3ccccc23)c2ccccc12)C(=O)NC[C@@H]1CCCO1. The van der Waals surface area contributed by atoms with Gasteiger partial charge in [0.05, 0.1) is 6.10 Å². The lowest BCUT2D eigenvalue weighted by Crippen LogP contribution is -2.32. The van der Waals surface area contributed by atoms with E-state index in [0.29, 0.717) is 13.1 Å². The highest BCUT2D eigenvalue weighted by Crippen LogP contribution is 2.26. The summed E-state index contributed by atoms with van der Waals surface area (Å²) in [6.07, 6.45) is 5.70. The Morgan fingerprint density at radius 2 is 1.88 bits per heavy atom. The van der Waals surface area contributed by atoms with Crippen molar-refractivity contribution in [3.63, 3.8) is 0 Å². The van der Waals surface area contributed by atoms with Crippen molar-refractivity contribution in [2.45, 2.75) is 25.5 Å². The predicted molar refractivity (Wildman–Crippen MR) is 131 cm³/mol. The number of nitrogens with one attached hydrogen (secondary N) is 1. The van der Waals surface area contributed by atoms with Gasteiger partial charge < -0.3 is 14.6 Å². The van der Waals surface area contributed by atoms with Crippen LogP contribution in [0.15, 0.2) is 78.5 Å². The Balaban J connectivity index is 1.46. The third-order valence-corrected chi connectivity index (χ3v) is 6.22. The van der Waals surface area contributed by atoms with Crippen LogP contribution in [-0.4, -0.2) is 29.7 Å². The number of ether oxygens (including phenoxy) is 1. The molecular formula is C28H25N3O2. The van der Waals surface area contributed by atoms with E-state index >= 15 is 0 Å². The molecule has 0 radical (unpaired) electrons. The van der Waals surface area contributed by atoms with E-state index in [1.54, 1.807) is 6.08 Å². The van der Waals surface area contributed by atoms with Gasteiger partial charge in [-0.3, -0.25) is 4.79 Å². The third-order valence-electron chi connectivity index (χ3n) is 6.22. The Hall–Kier alpha value is -3.88. The van der Waals surface area contributed by atoms with Gasteiger partial charge in [0.15, 0.2) is 0 Å². The fourth-order valence-electron chi connectivity index (χ4n) is 4.55. The lowest BCUT2D eigenvalue weighted by Gasteiger charge is -2.10. The summed E-state index contributed by atoms with van der Waals surface area (Å²) in [5.41, 5.74) is 3.24. The molecule has 0 spiro atoms. The number of hydrogen-bond donors (Lipinski definition) is 1. The van der Waals surface area contributed by atoms with E-state index in [2.05, 4.69) is 58.4 Å². The number of nitriles is 1. The minimum absolute atomic E-state index is 0.0384. The molecule has 1 fully saturated rings. The molecule has 1 aromatic heterocycles. The topological polar surface area (TPSA) is 67.0 Å². The Morgan fingerprint density at radius 1 is 1.09 bits per heavy atom. The molecule has 1 amide bonds. The number of aromatic nitrogens is 1. The molecule has 2 heterocycles. The smallest absolute Gasteiger partial charge is 0.262 e. The van der Waals surface area contributed by atoms with Crippen molar-refractivity contribution in [2.24, 2.45) is 0 Å². The molecule has 1 aliphatic heterocycles. The molecule has 33 heavy (non-hydrogen) atoms. The monoisotopic (exact) mass is 435 g/mol. The molecule has 5 nitrogen and oxygen atoms in total. The van der Waals surface area contributed by atoms with Gasteiger partial charge in [-0.1, -0.05) is 60.7 Å². The summed E-state index contributed by atoms with van der Waals surface area (Å²) in [4.78, 5) is 12.7. The fourth-order valence-corrected chi connectivity index (χ4v) is 4.55. The second-order valence-corrected chi connectivity index (χ2v) is 8.38. The molecule has 164 valence electrons. The molecular weight excluding hydrogens is 410 g/mol. The van der Waals surface area contributed by atoms with Crippen LogP contribution in [0.3, 0.4) is 0 Å². The Bertz CT molecular complexity index is 1380. The number of para-hydroxylation sites is 1. The standard InChI is InChI=1S/C28H25N3O2/c29-16-22(28(32)30-17-24-10-6-14-33-24)15-23-19-31(27-13-4-3-12-26(23)27)18-21-9-5-8-20-7-1-2-11-25(20)21/h1-5,7-9,11-13,15,19,24H,6,10,14,17-18H2,(H,30,32)/b22-15+/t24-/m0/s1. The van der Waals surface area contributed by atoms with Crippen molar-refractivity contribution >= 4 is 33.7 Å². The zero-order valence-corrected chi connectivity index (χ0v) is 18.3. The summed E-state index contributed by atoms with van der Waals surface area (Å²) in [6, 6.07) is 24.9. The average molecular weight is 436 g/mol. The number of nitrogens with zero attached hydrogens (tertiary/aromatic N) is 2. The van der Waals surface area contributed by atoms with Crippen LogP contribution in [0, 0.1) is 11.3 Å². The molecule has 0 unspecified atom stereocenters. The van der Waals surface area contributed by atoms with E-state index in [9.17, 15) is 10.1 Å². The van der Waals surface area contributed by atoms with Gasteiger partial charge in [0.25, 0.3) is 5.91 Å². The molecule has 0 bridgehead atoms. The maximum atomic E-state index is 12.7. The van der Waals surface area contributed by atoms with Gasteiger partial charge in [0, 0.05) is 42.4 Å². The molecule has 1 atom stereocenters. The van der Waals surface area contributed by atoms with Gasteiger partial charge in [-0.15, -0.1) is 0 Å². The Labute approximate surface area is 192 Å². The lowest BCUT2D eigenvalue weighted by molar-refractivity contribution is -0.117. The second-order valence-electron chi connectivity index (χ2n) is 8.38. The van der Waals surface area contributed by atoms with Crippen molar-refractivity contribution in [2.75, 3.05) is 13.2 Å². The van der Waals surface area contributed by atoms with Gasteiger partial charge in [-0.05, 0) is 41.3 Å². The highest BCUT2D eigenvalue weighted by Gasteiger charge is 2.18. The van der Waals surface area contributed by atoms with Gasteiger partial charge >= 0.3 is 0 Å². The van der Waals surface area contributed by atoms with E-state index in [4.69, 9.17) is 4.74 Å². The summed E-state index contributed by atoms with van der Waals surface area (Å²) >= 11 is 0. The fraction of sp³-hybridized carbons (Fsp3) is 0.214. The number of rotatable bonds is 6. The van der Waals surface area contributed by atoms with Crippen LogP contribution in [0.2, 0.25) is 0 Å². The summed E-state index contributed by atoms with van der Waals surface area (Å²) < 4.78 is 7.75. The number of carbonyl (C=O) groups excluding carboxylic acids is 1. The molecule has 4 aromatic rings. The van der Waals surface area contributed by atoms with Crippen LogP contribution in [0.5, 0.6) is 0 Å². The molecule has 1 saturated heterocycles. The van der Waals surface area contributed by atoms with Crippen LogP contribution in [-0.2, 0) is 16.1 Å². The van der Waals surface area contributed by atoms with Crippen LogP contribution < -0.4 is 5.32 Å². The molecule has 0 saturated carbocycles. The normalized spacial score (nSPS) is 16.2. The zero-order valence-electron chi connectivity index (χ0n) is 18.3. The first kappa shape index (κ1) is 21.0. The predicted octanol–water partition coefficient (Wildman–Crippen LogP) is 5.04. The summed E-state index contributed by atoms with van der Waals surface area (Å²) in [7, 11) is 0. The molecule has 1 aliphatic rings. The first-order valence-electron chi connectivity index (χ1n) is 11.3. The summed E-state index contributed by atoms with van der Waals surface area (Å²) in [5, 5.41) is 16.0. The quantitative estimate of drug-likeness (QED) is 0.341. The second kappa shape index (κ2) is 9.32. The Morgan fingerprint density at radius 3 is 2.70 bits per heavy atom. The van der Waals surface area contributed by atoms with Crippen molar-refractivity contribution < 1.29 is 9.53 Å². The minimum Gasteiger partial charge on any atom is -0.376 e. The molecule has 1 N–H and O–H groups in total. The van der Waals surface area contributed by atoms with E-state index < -0.39 is 0 Å². The number of fused-ring (bicyclic) bond motifs is 2. The summed E-state index contributed by atoms with van der Waals surface area (Å²) in [5.74, 6) is -0.362. The van der Waals surface area contributed by atoms with Crippen molar-refractivity contribution in [3.8, 4) is 6.07 Å². The van der Waals surface area contributed by atoms with Gasteiger partial charge in [-0.25, -0.2) is 0 Å². The van der Waals surface area contributed by atoms with E-state index in [1.165, 1.54) is 16.3 Å². The molecule has 5 heteroatoms. The van der Waals surface area contributed by atoms with Crippen molar-refractivity contribution in [1.29, 1.82) is 5.26 Å². The van der Waals surface area contributed by atoms with Crippen molar-refractivity contribution in [3.05, 3.63) is 89.6 Å². The average Bonchev–Trinajstić information content (AvgIpc) is 3.50. The van der Waals surface area contributed by atoms with E-state index in [0.717, 1.165) is 35.9 Å². The third kappa shape index (κ3) is 4.39. The highest BCUT2D eigenvalue weighted by atomic mass is 16.5. The highest BCUT2D eigenvalue weighted by molar-refractivity contribution is 6.04. The van der Waals surface area contributed by atoms with Crippen molar-refractivity contribution in [1.82, 2.24) is 9.88 Å². The molecule has 5 rings (SSSR count). The minimum atomic E-state index is -0.362. The number of hydrogen-bond acceptors (Lipinski definition) is 3. The number of carbonyl (C=O) groups is 1. The molecule has 3 aromatic carbocycles. The van der Waals surface area contributed by atoms with Gasteiger partial charge in [0.1, 0.15) is 11.6 Å². The van der Waals surface area contributed by atoms with Crippen LogP contribution in [0.4, 0.5) is 0 Å². The zero-order chi connectivity index (χ0) is 22.6. The first-order valence-corrected chi connectivity index (χ1v) is 11.3. The van der Waals surface area contributed by atoms with Crippen LogP contribution in [0.25, 0.3) is 27.8 Å². The number of amides is 1. The Kier molecular flexibility index (Phi) is 5.93.